The van der Waals surface area contributed by atoms with Crippen molar-refractivity contribution in [3.8, 4) is 0 Å². The molecule has 17 heavy (non-hydrogen) atoms. The summed E-state index contributed by atoms with van der Waals surface area (Å²) in [5.74, 6) is 0. The number of aryl methyl sites for hydroxylation is 2. The van der Waals surface area contributed by atoms with Crippen LogP contribution in [0.2, 0.25) is 0 Å². The van der Waals surface area contributed by atoms with Gasteiger partial charge in [-0.15, -0.1) is 11.3 Å². The Bertz CT molecular complexity index is 313. The van der Waals surface area contributed by atoms with E-state index in [1.54, 1.807) is 15.3 Å². The minimum absolute atomic E-state index is 0.616. The largest absolute Gasteiger partial charge is 0.309 e. The maximum absolute atomic E-state index is 3.72. The lowest BCUT2D eigenvalue weighted by atomic mass is 10.1. The minimum Gasteiger partial charge on any atom is -0.309 e. The number of thiophene rings is 1. The van der Waals surface area contributed by atoms with E-state index in [1.807, 2.05) is 0 Å². The van der Waals surface area contributed by atoms with Gasteiger partial charge in [0, 0.05) is 15.8 Å². The topological polar surface area (TPSA) is 12.0 Å². The van der Waals surface area contributed by atoms with Gasteiger partial charge in [-0.3, -0.25) is 0 Å². The average molecular weight is 251 g/mol. The summed E-state index contributed by atoms with van der Waals surface area (Å²) in [6, 6.07) is 3.10. The Hall–Kier alpha value is -0.340. The lowest BCUT2D eigenvalue weighted by molar-refractivity contribution is 0.487. The molecule has 1 atom stereocenters. The Labute approximate surface area is 110 Å². The molecule has 1 aliphatic rings. The van der Waals surface area contributed by atoms with Crippen LogP contribution in [0, 0.1) is 0 Å². The minimum atomic E-state index is 0.616. The molecule has 0 fully saturated rings. The highest BCUT2D eigenvalue weighted by atomic mass is 32.1. The molecule has 1 aromatic heterocycles. The van der Waals surface area contributed by atoms with E-state index in [9.17, 15) is 0 Å². The first-order chi connectivity index (χ1) is 8.35. The highest BCUT2D eigenvalue weighted by Gasteiger charge is 2.19. The van der Waals surface area contributed by atoms with Gasteiger partial charge in [-0.25, -0.2) is 0 Å². The van der Waals surface area contributed by atoms with Crippen molar-refractivity contribution in [1.82, 2.24) is 5.32 Å². The van der Waals surface area contributed by atoms with Crippen LogP contribution < -0.4 is 5.32 Å². The molecule has 1 nitrogen and oxygen atoms in total. The van der Waals surface area contributed by atoms with Gasteiger partial charge < -0.3 is 5.32 Å². The van der Waals surface area contributed by atoms with E-state index in [2.05, 4.69) is 36.6 Å². The summed E-state index contributed by atoms with van der Waals surface area (Å²) in [5.41, 5.74) is 1.64. The first-order valence-corrected chi connectivity index (χ1v) is 8.01. The van der Waals surface area contributed by atoms with Gasteiger partial charge in [0.15, 0.2) is 0 Å². The monoisotopic (exact) mass is 251 g/mol. The molecule has 0 radical (unpaired) electrons. The first kappa shape index (κ1) is 13.1. The maximum atomic E-state index is 3.72. The molecule has 2 heteroatoms. The highest BCUT2D eigenvalue weighted by Crippen LogP contribution is 2.35. The lowest BCUT2D eigenvalue weighted by Crippen LogP contribution is -2.21. The molecule has 0 saturated heterocycles. The zero-order chi connectivity index (χ0) is 12.1. The molecule has 0 aromatic carbocycles. The molecular weight excluding hydrogens is 226 g/mol. The summed E-state index contributed by atoms with van der Waals surface area (Å²) >= 11 is 2.07. The van der Waals surface area contributed by atoms with E-state index in [-0.39, 0.29) is 0 Å². The third kappa shape index (κ3) is 3.32. The molecule has 1 aromatic rings. The van der Waals surface area contributed by atoms with Gasteiger partial charge in [-0.2, -0.15) is 0 Å². The number of fused-ring (bicyclic) bond motifs is 1. The van der Waals surface area contributed by atoms with Crippen LogP contribution in [-0.2, 0) is 12.8 Å². The molecule has 0 aliphatic heterocycles. The van der Waals surface area contributed by atoms with Crippen molar-refractivity contribution in [1.29, 1.82) is 0 Å². The Morgan fingerprint density at radius 2 is 2.18 bits per heavy atom. The van der Waals surface area contributed by atoms with Crippen LogP contribution in [0.4, 0.5) is 0 Å². The molecule has 0 amide bonds. The normalized spacial score (nSPS) is 16.1. The molecule has 96 valence electrons. The van der Waals surface area contributed by atoms with Crippen LogP contribution in [0.15, 0.2) is 6.07 Å². The third-order valence-electron chi connectivity index (χ3n) is 3.60. The van der Waals surface area contributed by atoms with Crippen LogP contribution in [0.25, 0.3) is 0 Å². The Morgan fingerprint density at radius 3 is 2.88 bits per heavy atom. The van der Waals surface area contributed by atoms with Gasteiger partial charge in [-0.1, -0.05) is 26.7 Å². The second-order valence-electron chi connectivity index (χ2n) is 5.10. The predicted molar refractivity (Wildman–Crippen MR) is 76.9 cm³/mol. The molecule has 1 heterocycles. The van der Waals surface area contributed by atoms with Gasteiger partial charge in [-0.05, 0) is 50.3 Å². The van der Waals surface area contributed by atoms with Crippen molar-refractivity contribution in [2.75, 3.05) is 6.54 Å². The number of rotatable bonds is 7. The maximum Gasteiger partial charge on any atom is 0.0414 e. The summed E-state index contributed by atoms with van der Waals surface area (Å²) in [4.78, 5) is 3.26. The van der Waals surface area contributed by atoms with E-state index < -0.39 is 0 Å². The van der Waals surface area contributed by atoms with Crippen molar-refractivity contribution in [3.63, 3.8) is 0 Å². The van der Waals surface area contributed by atoms with Gasteiger partial charge in [0.25, 0.3) is 0 Å². The van der Waals surface area contributed by atoms with E-state index in [1.165, 1.54) is 44.9 Å². The van der Waals surface area contributed by atoms with Crippen LogP contribution >= 0.6 is 11.3 Å². The molecule has 1 unspecified atom stereocenters. The summed E-state index contributed by atoms with van der Waals surface area (Å²) < 4.78 is 0. The fraction of sp³-hybridized carbons (Fsp3) is 0.733. The molecule has 0 spiro atoms. The van der Waals surface area contributed by atoms with Crippen molar-refractivity contribution < 1.29 is 0 Å². The quantitative estimate of drug-likeness (QED) is 0.754. The molecular formula is C15H25NS. The smallest absolute Gasteiger partial charge is 0.0414 e. The number of nitrogens with one attached hydrogen (secondary N) is 1. The molecule has 1 N–H and O–H groups in total. The SMILES string of the molecule is CCCCC(NCCC)c1cc2c(s1)CCC2. The zero-order valence-corrected chi connectivity index (χ0v) is 12.0. The van der Waals surface area contributed by atoms with Crippen LogP contribution in [0.1, 0.15) is 67.3 Å². The summed E-state index contributed by atoms with van der Waals surface area (Å²) in [5, 5.41) is 3.72. The standard InChI is InChI=1S/C15H25NS/c1-3-5-8-13(16-10-4-2)15-11-12-7-6-9-14(12)17-15/h11,13,16H,3-10H2,1-2H3. The Kier molecular flexibility index (Phi) is 5.05. The molecule has 1 aliphatic carbocycles. The van der Waals surface area contributed by atoms with Crippen molar-refractivity contribution in [2.45, 2.75) is 64.8 Å². The number of hydrogen-bond donors (Lipinski definition) is 1. The second kappa shape index (κ2) is 6.55. The van der Waals surface area contributed by atoms with E-state index in [0.29, 0.717) is 6.04 Å². The third-order valence-corrected chi connectivity index (χ3v) is 4.95. The second-order valence-corrected chi connectivity index (χ2v) is 6.27. The van der Waals surface area contributed by atoms with E-state index in [4.69, 9.17) is 0 Å². The van der Waals surface area contributed by atoms with Crippen molar-refractivity contribution in [2.24, 2.45) is 0 Å². The van der Waals surface area contributed by atoms with Crippen molar-refractivity contribution >= 4 is 11.3 Å². The van der Waals surface area contributed by atoms with Gasteiger partial charge in [0.05, 0.1) is 0 Å². The number of unbranched alkanes of at least 4 members (excludes halogenated alkanes) is 1. The predicted octanol–water partition coefficient (Wildman–Crippen LogP) is 4.47. The van der Waals surface area contributed by atoms with Crippen molar-refractivity contribution in [3.05, 3.63) is 21.4 Å². The van der Waals surface area contributed by atoms with Crippen LogP contribution in [0.3, 0.4) is 0 Å². The van der Waals surface area contributed by atoms with Crippen LogP contribution in [0.5, 0.6) is 0 Å². The van der Waals surface area contributed by atoms with Gasteiger partial charge >= 0.3 is 0 Å². The van der Waals surface area contributed by atoms with Gasteiger partial charge in [0.1, 0.15) is 0 Å². The fourth-order valence-corrected chi connectivity index (χ4v) is 3.96. The summed E-state index contributed by atoms with van der Waals surface area (Å²) in [6.07, 6.45) is 9.20. The average Bonchev–Trinajstić information content (AvgIpc) is 2.89. The Balaban J connectivity index is 2.02. The summed E-state index contributed by atoms with van der Waals surface area (Å²) in [6.45, 7) is 5.68. The molecule has 2 rings (SSSR count). The molecule has 0 bridgehead atoms. The lowest BCUT2D eigenvalue weighted by Gasteiger charge is -2.16. The highest BCUT2D eigenvalue weighted by molar-refractivity contribution is 7.12. The number of hydrogen-bond acceptors (Lipinski definition) is 2. The first-order valence-electron chi connectivity index (χ1n) is 7.20. The molecule has 0 saturated carbocycles. The zero-order valence-electron chi connectivity index (χ0n) is 11.2. The van der Waals surface area contributed by atoms with Gasteiger partial charge in [0.2, 0.25) is 0 Å². The summed E-state index contributed by atoms with van der Waals surface area (Å²) in [7, 11) is 0. The van der Waals surface area contributed by atoms with Crippen LogP contribution in [-0.4, -0.2) is 6.54 Å². The van der Waals surface area contributed by atoms with E-state index in [0.717, 1.165) is 6.54 Å². The van der Waals surface area contributed by atoms with E-state index >= 15 is 0 Å². The Morgan fingerprint density at radius 1 is 1.29 bits per heavy atom. The fourth-order valence-electron chi connectivity index (χ4n) is 2.60.